The highest BCUT2D eigenvalue weighted by molar-refractivity contribution is 7.14. The van der Waals surface area contributed by atoms with Gasteiger partial charge in [0.1, 0.15) is 6.61 Å². The Balaban J connectivity index is 1.52. The van der Waals surface area contributed by atoms with Gasteiger partial charge in [-0.05, 0) is 53.1 Å². The Morgan fingerprint density at radius 3 is 2.49 bits per heavy atom. The van der Waals surface area contributed by atoms with Gasteiger partial charge in [0.25, 0.3) is 0 Å². The Hall–Kier alpha value is -4.18. The molecule has 0 saturated carbocycles. The fourth-order valence-corrected chi connectivity index (χ4v) is 4.23. The van der Waals surface area contributed by atoms with Crippen molar-refractivity contribution in [2.75, 3.05) is 4.90 Å². The summed E-state index contributed by atoms with van der Waals surface area (Å²) >= 11 is 1.30. The fourth-order valence-electron chi connectivity index (χ4n) is 3.35. The van der Waals surface area contributed by atoms with E-state index in [1.807, 2.05) is 54.6 Å². The molecule has 4 aromatic rings. The maximum absolute atomic E-state index is 13.0. The molecule has 0 atom stereocenters. The summed E-state index contributed by atoms with van der Waals surface area (Å²) in [5.74, 6) is -0.307. The number of aromatic nitrogens is 5. The zero-order chi connectivity index (χ0) is 24.8. The molecule has 2 heterocycles. The molecule has 0 radical (unpaired) electrons. The molecule has 2 aromatic heterocycles. The number of ether oxygens (including phenoxy) is 1. The molecule has 4 rings (SSSR count). The standard InChI is InChI=1S/C25H24N6O3S/c1-4-19-10-12-22(13-11-19)30(18(3)32)25-26-21(16-35-25)15-34-24(33)23(31-17(2)27-28-29-31)14-20-8-6-5-7-9-20/h5-14,16H,4,15H2,1-3H3/b23-14-. The van der Waals surface area contributed by atoms with E-state index in [2.05, 4.69) is 27.4 Å². The van der Waals surface area contributed by atoms with Crippen LogP contribution in [0.3, 0.4) is 0 Å². The molecule has 0 aliphatic carbocycles. The lowest BCUT2D eigenvalue weighted by Gasteiger charge is -2.18. The molecule has 1 amide bonds. The maximum atomic E-state index is 13.0. The molecule has 0 spiro atoms. The zero-order valence-corrected chi connectivity index (χ0v) is 20.4. The molecule has 0 unspecified atom stereocenters. The lowest BCUT2D eigenvalue weighted by molar-refractivity contribution is -0.138. The summed E-state index contributed by atoms with van der Waals surface area (Å²) in [7, 11) is 0. The van der Waals surface area contributed by atoms with Gasteiger partial charge in [-0.1, -0.05) is 49.4 Å². The van der Waals surface area contributed by atoms with Crippen LogP contribution in [0.4, 0.5) is 10.8 Å². The first-order valence-electron chi connectivity index (χ1n) is 11.0. The number of anilines is 2. The van der Waals surface area contributed by atoms with Crippen molar-refractivity contribution < 1.29 is 14.3 Å². The number of benzene rings is 2. The van der Waals surface area contributed by atoms with Crippen molar-refractivity contribution in [2.24, 2.45) is 0 Å². The summed E-state index contributed by atoms with van der Waals surface area (Å²) in [5.41, 5.74) is 3.42. The van der Waals surface area contributed by atoms with Crippen LogP contribution in [0.2, 0.25) is 0 Å². The molecule has 9 nitrogen and oxygen atoms in total. The van der Waals surface area contributed by atoms with E-state index in [4.69, 9.17) is 4.74 Å². The fraction of sp³-hybridized carbons (Fsp3) is 0.200. The van der Waals surface area contributed by atoms with Crippen LogP contribution in [0.25, 0.3) is 11.8 Å². The Morgan fingerprint density at radius 1 is 1.11 bits per heavy atom. The number of carbonyl (C=O) groups excluding carboxylic acids is 2. The molecular weight excluding hydrogens is 464 g/mol. The van der Waals surface area contributed by atoms with E-state index in [0.717, 1.165) is 17.7 Å². The van der Waals surface area contributed by atoms with Crippen LogP contribution in [-0.4, -0.2) is 37.1 Å². The number of esters is 1. The molecule has 178 valence electrons. The van der Waals surface area contributed by atoms with Crippen LogP contribution in [0.15, 0.2) is 60.0 Å². The van der Waals surface area contributed by atoms with Gasteiger partial charge < -0.3 is 4.74 Å². The Labute approximate surface area is 206 Å². The van der Waals surface area contributed by atoms with Gasteiger partial charge in [0, 0.05) is 12.3 Å². The van der Waals surface area contributed by atoms with Gasteiger partial charge in [0.15, 0.2) is 16.7 Å². The van der Waals surface area contributed by atoms with Gasteiger partial charge in [0.2, 0.25) is 5.91 Å². The number of tetrazole rings is 1. The van der Waals surface area contributed by atoms with Crippen LogP contribution in [0.5, 0.6) is 0 Å². The maximum Gasteiger partial charge on any atom is 0.357 e. The first kappa shape index (κ1) is 24.0. The Bertz CT molecular complexity index is 1350. The predicted molar refractivity (Wildman–Crippen MR) is 134 cm³/mol. The summed E-state index contributed by atoms with van der Waals surface area (Å²) in [6.45, 7) is 5.20. The van der Waals surface area contributed by atoms with Crippen molar-refractivity contribution in [1.82, 2.24) is 25.2 Å². The van der Waals surface area contributed by atoms with Crippen LogP contribution in [0, 0.1) is 6.92 Å². The van der Waals surface area contributed by atoms with E-state index in [0.29, 0.717) is 16.6 Å². The minimum atomic E-state index is -0.600. The number of nitrogens with zero attached hydrogens (tertiary/aromatic N) is 6. The highest BCUT2D eigenvalue weighted by atomic mass is 32.1. The lowest BCUT2D eigenvalue weighted by atomic mass is 10.1. The smallest absolute Gasteiger partial charge is 0.357 e. The van der Waals surface area contributed by atoms with Crippen LogP contribution >= 0.6 is 11.3 Å². The van der Waals surface area contributed by atoms with Gasteiger partial charge in [0.05, 0.1) is 11.4 Å². The number of rotatable bonds is 8. The SMILES string of the molecule is CCc1ccc(N(C(C)=O)c2nc(COC(=O)/C(=C/c3ccccc3)n3nnnc3C)cs2)cc1. The average molecular weight is 489 g/mol. The van der Waals surface area contributed by atoms with E-state index in [9.17, 15) is 9.59 Å². The van der Waals surface area contributed by atoms with Crippen molar-refractivity contribution in [3.63, 3.8) is 0 Å². The van der Waals surface area contributed by atoms with Crippen molar-refractivity contribution in [3.8, 4) is 0 Å². The van der Waals surface area contributed by atoms with Crippen molar-refractivity contribution in [1.29, 1.82) is 0 Å². The molecule has 0 fully saturated rings. The minimum Gasteiger partial charge on any atom is -0.454 e. The minimum absolute atomic E-state index is 0.0663. The number of aryl methyl sites for hydroxylation is 2. The molecule has 0 aliphatic rings. The first-order chi connectivity index (χ1) is 17.0. The Morgan fingerprint density at radius 2 is 1.86 bits per heavy atom. The topological polar surface area (TPSA) is 103 Å². The number of hydrogen-bond acceptors (Lipinski definition) is 8. The highest BCUT2D eigenvalue weighted by Crippen LogP contribution is 2.29. The second-order valence-electron chi connectivity index (χ2n) is 7.65. The van der Waals surface area contributed by atoms with Crippen LogP contribution in [-0.2, 0) is 27.4 Å². The van der Waals surface area contributed by atoms with Gasteiger partial charge in [-0.2, -0.15) is 4.68 Å². The highest BCUT2D eigenvalue weighted by Gasteiger charge is 2.21. The summed E-state index contributed by atoms with van der Waals surface area (Å²) in [5, 5.41) is 13.7. The van der Waals surface area contributed by atoms with E-state index in [1.165, 1.54) is 28.5 Å². The second kappa shape index (κ2) is 10.8. The summed E-state index contributed by atoms with van der Waals surface area (Å²) < 4.78 is 6.88. The quantitative estimate of drug-likeness (QED) is 0.267. The van der Waals surface area contributed by atoms with E-state index in [1.54, 1.807) is 23.3 Å². The predicted octanol–water partition coefficient (Wildman–Crippen LogP) is 4.43. The van der Waals surface area contributed by atoms with Crippen LogP contribution < -0.4 is 4.90 Å². The van der Waals surface area contributed by atoms with Gasteiger partial charge >= 0.3 is 5.97 Å². The molecule has 0 N–H and O–H groups in total. The third-order valence-corrected chi connectivity index (χ3v) is 6.04. The van der Waals surface area contributed by atoms with E-state index in [-0.39, 0.29) is 18.2 Å². The molecule has 10 heteroatoms. The molecular formula is C25H24N6O3S. The summed E-state index contributed by atoms with van der Waals surface area (Å²) in [6, 6.07) is 17.1. The molecule has 0 saturated heterocycles. The van der Waals surface area contributed by atoms with Crippen molar-refractivity contribution >= 4 is 45.8 Å². The number of hydrogen-bond donors (Lipinski definition) is 0. The van der Waals surface area contributed by atoms with Gasteiger partial charge in [-0.25, -0.2) is 9.78 Å². The molecule has 0 bridgehead atoms. The van der Waals surface area contributed by atoms with Gasteiger partial charge in [-0.15, -0.1) is 16.4 Å². The van der Waals surface area contributed by atoms with Crippen molar-refractivity contribution in [2.45, 2.75) is 33.8 Å². The number of carbonyl (C=O) groups is 2. The van der Waals surface area contributed by atoms with Crippen molar-refractivity contribution in [3.05, 3.63) is 82.6 Å². The first-order valence-corrected chi connectivity index (χ1v) is 11.9. The monoisotopic (exact) mass is 488 g/mol. The normalized spacial score (nSPS) is 11.3. The lowest BCUT2D eigenvalue weighted by Crippen LogP contribution is -2.22. The number of thiazole rings is 1. The average Bonchev–Trinajstić information content (AvgIpc) is 3.51. The molecule has 35 heavy (non-hydrogen) atoms. The van der Waals surface area contributed by atoms with E-state index >= 15 is 0 Å². The largest absolute Gasteiger partial charge is 0.454 e. The zero-order valence-electron chi connectivity index (χ0n) is 19.6. The summed E-state index contributed by atoms with van der Waals surface area (Å²) in [6.07, 6.45) is 2.58. The third kappa shape index (κ3) is 5.67. The second-order valence-corrected chi connectivity index (χ2v) is 8.49. The van der Waals surface area contributed by atoms with Crippen LogP contribution in [0.1, 0.15) is 36.5 Å². The van der Waals surface area contributed by atoms with E-state index < -0.39 is 5.97 Å². The van der Waals surface area contributed by atoms with Gasteiger partial charge in [-0.3, -0.25) is 9.69 Å². The summed E-state index contributed by atoms with van der Waals surface area (Å²) in [4.78, 5) is 31.5. The molecule has 2 aromatic carbocycles. The third-order valence-electron chi connectivity index (χ3n) is 5.17. The Kier molecular flexibility index (Phi) is 7.41. The number of amides is 1. The molecule has 0 aliphatic heterocycles.